The van der Waals surface area contributed by atoms with E-state index in [9.17, 15) is 13.4 Å². The summed E-state index contributed by atoms with van der Waals surface area (Å²) in [5, 5.41) is 10.0. The van der Waals surface area contributed by atoms with Crippen LogP contribution in [0.2, 0.25) is 0 Å². The normalized spacial score (nSPS) is 12.6. The summed E-state index contributed by atoms with van der Waals surface area (Å²) in [5.41, 5.74) is 8.01. The van der Waals surface area contributed by atoms with Crippen molar-refractivity contribution in [3.63, 3.8) is 0 Å². The Morgan fingerprint density at radius 1 is 1.09 bits per heavy atom. The number of carbonyl (C=O) groups excluding carboxylic acids is 1. The van der Waals surface area contributed by atoms with Crippen molar-refractivity contribution in [3.05, 3.63) is 83.7 Å². The molecule has 1 unspecified atom stereocenters. The van der Waals surface area contributed by atoms with E-state index in [1.54, 1.807) is 60.7 Å². The van der Waals surface area contributed by atoms with E-state index in [1.807, 2.05) is 0 Å². The molecule has 10 heteroatoms. The third kappa shape index (κ3) is 5.55. The van der Waals surface area contributed by atoms with E-state index in [0.717, 1.165) is 0 Å². The van der Waals surface area contributed by atoms with Crippen LogP contribution in [0.25, 0.3) is 16.7 Å². The van der Waals surface area contributed by atoms with Gasteiger partial charge in [-0.15, -0.1) is 12.6 Å². The standard InChI is InChI=1S/C23H21FN4O3S2/c1-13(14-5-4-6-16(11-14)22(25)26)21(24)23(29)28-18-10-9-15(12-19(18)32)17-7-2-3-8-20(17)33(30)31-27/h2-12,32H,27H2,1H3,(H3,25,26)(H,28,29)/b21-13+. The molecule has 0 saturated carbocycles. The van der Waals surface area contributed by atoms with Gasteiger partial charge >= 0.3 is 0 Å². The minimum absolute atomic E-state index is 0.103. The smallest absolute Gasteiger partial charge is 0.284 e. The van der Waals surface area contributed by atoms with Crippen LogP contribution >= 0.6 is 12.6 Å². The number of nitrogen functional groups attached to an aromatic ring is 1. The second-order valence-corrected chi connectivity index (χ2v) is 8.53. The molecule has 0 radical (unpaired) electrons. The van der Waals surface area contributed by atoms with Gasteiger partial charge in [-0.25, -0.2) is 8.60 Å². The van der Waals surface area contributed by atoms with Crippen LogP contribution in [0.3, 0.4) is 0 Å². The Bertz CT molecular complexity index is 1290. The second-order valence-electron chi connectivity index (χ2n) is 6.95. The van der Waals surface area contributed by atoms with Gasteiger partial charge in [0.25, 0.3) is 5.91 Å². The van der Waals surface area contributed by atoms with Crippen LogP contribution in [0.5, 0.6) is 0 Å². The molecule has 6 N–H and O–H groups in total. The summed E-state index contributed by atoms with van der Waals surface area (Å²) >= 11 is 2.55. The van der Waals surface area contributed by atoms with E-state index < -0.39 is 22.8 Å². The average Bonchev–Trinajstić information content (AvgIpc) is 2.83. The Morgan fingerprint density at radius 2 is 1.79 bits per heavy atom. The Hall–Kier alpha value is -3.31. The zero-order valence-corrected chi connectivity index (χ0v) is 19.2. The number of hydrogen-bond donors (Lipinski definition) is 5. The first-order valence-electron chi connectivity index (χ1n) is 9.57. The zero-order valence-electron chi connectivity index (χ0n) is 17.5. The summed E-state index contributed by atoms with van der Waals surface area (Å²) < 4.78 is 31.3. The molecule has 1 amide bonds. The molecule has 0 aliphatic heterocycles. The lowest BCUT2D eigenvalue weighted by molar-refractivity contribution is -0.114. The van der Waals surface area contributed by atoms with E-state index >= 15 is 0 Å². The summed E-state index contributed by atoms with van der Waals surface area (Å²) in [4.78, 5) is 13.3. The highest BCUT2D eigenvalue weighted by atomic mass is 32.2. The largest absolute Gasteiger partial charge is 0.384 e. The third-order valence-electron chi connectivity index (χ3n) is 4.85. The van der Waals surface area contributed by atoms with Gasteiger partial charge in [0.05, 0.1) is 10.6 Å². The van der Waals surface area contributed by atoms with Crippen molar-refractivity contribution < 1.29 is 17.7 Å². The van der Waals surface area contributed by atoms with Crippen molar-refractivity contribution in [2.45, 2.75) is 16.7 Å². The molecule has 0 heterocycles. The summed E-state index contributed by atoms with van der Waals surface area (Å²) in [7, 11) is 0. The Kier molecular flexibility index (Phi) is 7.77. The monoisotopic (exact) mass is 484 g/mol. The fourth-order valence-corrected chi connectivity index (χ4v) is 4.03. The molecule has 0 aliphatic rings. The highest BCUT2D eigenvalue weighted by Crippen LogP contribution is 2.32. The molecule has 7 nitrogen and oxygen atoms in total. The van der Waals surface area contributed by atoms with Crippen molar-refractivity contribution >= 4 is 46.7 Å². The number of hydrogen-bond acceptors (Lipinski definition) is 6. The number of halogens is 1. The quantitative estimate of drug-likeness (QED) is 0.113. The average molecular weight is 485 g/mol. The Morgan fingerprint density at radius 3 is 2.45 bits per heavy atom. The Balaban J connectivity index is 1.87. The summed E-state index contributed by atoms with van der Waals surface area (Å²) in [6.07, 6.45) is 0. The molecule has 0 fully saturated rings. The SMILES string of the molecule is C/C(=C(\F)C(=O)Nc1ccc(-c2ccccc2S(=O)ON)cc1S)c1cccc(C(=N)N)c1. The zero-order chi connectivity index (χ0) is 24.1. The predicted octanol–water partition coefficient (Wildman–Crippen LogP) is 4.18. The molecule has 170 valence electrons. The third-order valence-corrected chi connectivity index (χ3v) is 6.11. The van der Waals surface area contributed by atoms with Crippen molar-refractivity contribution in [1.29, 1.82) is 5.41 Å². The first kappa shape index (κ1) is 24.3. The summed E-state index contributed by atoms with van der Waals surface area (Å²) in [6, 6.07) is 18.1. The molecule has 3 rings (SSSR count). The maximum atomic E-state index is 14.8. The molecular weight excluding hydrogens is 463 g/mol. The fourth-order valence-electron chi connectivity index (χ4n) is 3.10. The van der Waals surface area contributed by atoms with E-state index in [1.165, 1.54) is 13.0 Å². The van der Waals surface area contributed by atoms with Crippen LogP contribution in [0, 0.1) is 5.41 Å². The van der Waals surface area contributed by atoms with Crippen molar-refractivity contribution in [2.24, 2.45) is 11.6 Å². The number of amides is 1. The van der Waals surface area contributed by atoms with Gasteiger partial charge in [0, 0.05) is 16.0 Å². The van der Waals surface area contributed by atoms with E-state index in [0.29, 0.717) is 37.7 Å². The molecule has 0 spiro atoms. The van der Waals surface area contributed by atoms with E-state index in [2.05, 4.69) is 22.2 Å². The number of amidine groups is 1. The van der Waals surface area contributed by atoms with E-state index in [4.69, 9.17) is 17.0 Å². The second kappa shape index (κ2) is 10.5. The van der Waals surface area contributed by atoms with Gasteiger partial charge < -0.3 is 11.1 Å². The van der Waals surface area contributed by atoms with Gasteiger partial charge in [-0.05, 0) is 47.9 Å². The lowest BCUT2D eigenvalue weighted by atomic mass is 10.0. The van der Waals surface area contributed by atoms with Crippen molar-refractivity contribution in [2.75, 3.05) is 5.32 Å². The number of rotatable bonds is 7. The van der Waals surface area contributed by atoms with Gasteiger partial charge in [0.2, 0.25) is 11.1 Å². The number of nitrogens with two attached hydrogens (primary N) is 2. The van der Waals surface area contributed by atoms with Gasteiger partial charge in [0.1, 0.15) is 5.84 Å². The fraction of sp³-hybridized carbons (Fsp3) is 0.0435. The lowest BCUT2D eigenvalue weighted by Gasteiger charge is -2.12. The minimum atomic E-state index is -1.85. The highest BCUT2D eigenvalue weighted by molar-refractivity contribution is 7.80. The van der Waals surface area contributed by atoms with Crippen molar-refractivity contribution in [3.8, 4) is 11.1 Å². The highest BCUT2D eigenvalue weighted by Gasteiger charge is 2.17. The van der Waals surface area contributed by atoms with Gasteiger partial charge in [-0.1, -0.05) is 42.5 Å². The molecule has 1 atom stereocenters. The number of benzene rings is 3. The number of allylic oxidation sites excluding steroid dienone is 1. The molecule has 0 aliphatic carbocycles. The van der Waals surface area contributed by atoms with Gasteiger partial charge in [-0.2, -0.15) is 10.2 Å². The van der Waals surface area contributed by atoms with Crippen LogP contribution in [0.15, 0.2) is 82.3 Å². The molecule has 0 saturated heterocycles. The predicted molar refractivity (Wildman–Crippen MR) is 131 cm³/mol. The van der Waals surface area contributed by atoms with Gasteiger partial charge in [-0.3, -0.25) is 10.2 Å². The molecular formula is C23H21FN4O3S2. The molecule has 0 aromatic heterocycles. The number of carbonyl (C=O) groups is 1. The molecule has 33 heavy (non-hydrogen) atoms. The number of nitrogens with one attached hydrogen (secondary N) is 2. The summed E-state index contributed by atoms with van der Waals surface area (Å²) in [5.74, 6) is 2.98. The summed E-state index contributed by atoms with van der Waals surface area (Å²) in [6.45, 7) is 1.47. The lowest BCUT2D eigenvalue weighted by Crippen LogP contribution is -2.14. The van der Waals surface area contributed by atoms with Crippen LogP contribution in [-0.2, 0) is 20.2 Å². The first-order valence-corrected chi connectivity index (χ1v) is 11.1. The van der Waals surface area contributed by atoms with Crippen LogP contribution in [0.1, 0.15) is 18.1 Å². The maximum Gasteiger partial charge on any atom is 0.284 e. The Labute approximate surface area is 198 Å². The molecule has 3 aromatic rings. The number of thiol groups is 1. The molecule has 0 bridgehead atoms. The van der Waals surface area contributed by atoms with Crippen LogP contribution < -0.4 is 16.9 Å². The van der Waals surface area contributed by atoms with Crippen LogP contribution in [0.4, 0.5) is 10.1 Å². The minimum Gasteiger partial charge on any atom is -0.384 e. The molecule has 3 aromatic carbocycles. The maximum absolute atomic E-state index is 14.8. The van der Waals surface area contributed by atoms with Crippen molar-refractivity contribution in [1.82, 2.24) is 0 Å². The van der Waals surface area contributed by atoms with Gasteiger partial charge in [0.15, 0.2) is 5.83 Å². The first-order chi connectivity index (χ1) is 15.7. The number of anilines is 1. The van der Waals surface area contributed by atoms with Crippen LogP contribution in [-0.4, -0.2) is 16.0 Å². The topological polar surface area (TPSA) is 131 Å². The van der Waals surface area contributed by atoms with E-state index in [-0.39, 0.29) is 11.4 Å².